The number of hydrogen-bond donors (Lipinski definition) is 1. The molecule has 3 fully saturated rings. The lowest BCUT2D eigenvalue weighted by atomic mass is 9.92. The number of nitrogens with two attached hydrogens (primary N) is 1. The summed E-state index contributed by atoms with van der Waals surface area (Å²) in [5.74, 6) is 2.04. The third-order valence-electron chi connectivity index (χ3n) is 5.51. The van der Waals surface area contributed by atoms with Crippen molar-refractivity contribution in [1.29, 1.82) is 0 Å². The predicted molar refractivity (Wildman–Crippen MR) is 71.9 cm³/mol. The van der Waals surface area contributed by atoms with Crippen molar-refractivity contribution in [3.05, 3.63) is 0 Å². The number of likely N-dealkylation sites (tertiary alicyclic amines) is 1. The van der Waals surface area contributed by atoms with Crippen LogP contribution in [0.3, 0.4) is 0 Å². The van der Waals surface area contributed by atoms with Gasteiger partial charge in [-0.15, -0.1) is 0 Å². The maximum Gasteiger partial charge on any atom is 0.0247 e. The van der Waals surface area contributed by atoms with E-state index in [1.54, 1.807) is 0 Å². The molecule has 4 atom stereocenters. The summed E-state index contributed by atoms with van der Waals surface area (Å²) < 4.78 is 0. The average Bonchev–Trinajstić information content (AvgIpc) is 2.84. The summed E-state index contributed by atoms with van der Waals surface area (Å²) in [5.41, 5.74) is 6.44. The molecule has 2 saturated carbocycles. The highest BCUT2D eigenvalue weighted by molar-refractivity contribution is 4.94. The van der Waals surface area contributed by atoms with Gasteiger partial charge < -0.3 is 5.73 Å². The van der Waals surface area contributed by atoms with Crippen LogP contribution in [0.2, 0.25) is 0 Å². The molecule has 3 rings (SSSR count). The summed E-state index contributed by atoms with van der Waals surface area (Å²) in [7, 11) is 0. The van der Waals surface area contributed by atoms with Crippen molar-refractivity contribution >= 4 is 0 Å². The van der Waals surface area contributed by atoms with Gasteiger partial charge in [0.1, 0.15) is 0 Å². The molecular weight excluding hydrogens is 208 g/mol. The van der Waals surface area contributed by atoms with E-state index in [2.05, 4.69) is 4.90 Å². The van der Waals surface area contributed by atoms with Crippen LogP contribution in [0.5, 0.6) is 0 Å². The summed E-state index contributed by atoms with van der Waals surface area (Å²) >= 11 is 0. The van der Waals surface area contributed by atoms with Crippen LogP contribution in [-0.4, -0.2) is 30.1 Å². The van der Waals surface area contributed by atoms with E-state index in [0.29, 0.717) is 12.1 Å². The molecule has 1 aliphatic heterocycles. The summed E-state index contributed by atoms with van der Waals surface area (Å²) in [5, 5.41) is 0. The normalized spacial score (nSPS) is 44.3. The number of fused-ring (bicyclic) bond motifs is 1. The Morgan fingerprint density at radius 2 is 1.35 bits per heavy atom. The quantitative estimate of drug-likeness (QED) is 0.758. The fraction of sp³-hybridized carbons (Fsp3) is 1.00. The third-order valence-corrected chi connectivity index (χ3v) is 5.51. The topological polar surface area (TPSA) is 29.3 Å². The zero-order valence-electron chi connectivity index (χ0n) is 11.1. The van der Waals surface area contributed by atoms with Crippen LogP contribution in [0.4, 0.5) is 0 Å². The minimum atomic E-state index is 0.453. The van der Waals surface area contributed by atoms with Gasteiger partial charge in [-0.1, -0.05) is 32.1 Å². The lowest BCUT2D eigenvalue weighted by Crippen LogP contribution is -2.47. The van der Waals surface area contributed by atoms with Crippen molar-refractivity contribution in [2.24, 2.45) is 17.6 Å². The van der Waals surface area contributed by atoms with Gasteiger partial charge in [-0.2, -0.15) is 0 Å². The van der Waals surface area contributed by atoms with Crippen molar-refractivity contribution in [1.82, 2.24) is 4.90 Å². The van der Waals surface area contributed by atoms with E-state index < -0.39 is 0 Å². The van der Waals surface area contributed by atoms with Gasteiger partial charge in [0, 0.05) is 25.2 Å². The first-order chi connectivity index (χ1) is 8.34. The molecule has 0 aromatic rings. The largest absolute Gasteiger partial charge is 0.326 e. The van der Waals surface area contributed by atoms with Crippen molar-refractivity contribution in [3.8, 4) is 0 Å². The Bertz CT molecular complexity index is 241. The van der Waals surface area contributed by atoms with E-state index in [0.717, 1.165) is 11.8 Å². The third kappa shape index (κ3) is 2.53. The SMILES string of the molecule is NC1CCCCCCC1N1CC2CCCC2C1. The van der Waals surface area contributed by atoms with Gasteiger partial charge in [-0.3, -0.25) is 4.90 Å². The van der Waals surface area contributed by atoms with Gasteiger partial charge >= 0.3 is 0 Å². The first kappa shape index (κ1) is 12.0. The van der Waals surface area contributed by atoms with E-state index in [1.807, 2.05) is 0 Å². The second-order valence-electron chi connectivity index (χ2n) is 6.63. The molecule has 1 heterocycles. The molecule has 2 heteroatoms. The molecule has 3 aliphatic rings. The number of nitrogens with zero attached hydrogens (tertiary/aromatic N) is 1. The molecule has 98 valence electrons. The first-order valence-electron chi connectivity index (χ1n) is 7.84. The highest BCUT2D eigenvalue weighted by atomic mass is 15.2. The lowest BCUT2D eigenvalue weighted by molar-refractivity contribution is 0.169. The van der Waals surface area contributed by atoms with E-state index in [1.165, 1.54) is 70.9 Å². The maximum atomic E-state index is 6.44. The summed E-state index contributed by atoms with van der Waals surface area (Å²) in [4.78, 5) is 2.77. The highest BCUT2D eigenvalue weighted by Gasteiger charge is 2.39. The Morgan fingerprint density at radius 1 is 0.706 bits per heavy atom. The summed E-state index contributed by atoms with van der Waals surface area (Å²) in [6, 6.07) is 1.16. The van der Waals surface area contributed by atoms with E-state index in [9.17, 15) is 0 Å². The zero-order valence-corrected chi connectivity index (χ0v) is 11.1. The van der Waals surface area contributed by atoms with Crippen molar-refractivity contribution in [2.75, 3.05) is 13.1 Å². The van der Waals surface area contributed by atoms with E-state index in [-0.39, 0.29) is 0 Å². The van der Waals surface area contributed by atoms with Crippen LogP contribution in [-0.2, 0) is 0 Å². The Balaban J connectivity index is 1.61. The molecule has 0 amide bonds. The minimum absolute atomic E-state index is 0.453. The van der Waals surface area contributed by atoms with Crippen molar-refractivity contribution in [3.63, 3.8) is 0 Å². The molecule has 4 unspecified atom stereocenters. The number of rotatable bonds is 1. The van der Waals surface area contributed by atoms with Gasteiger partial charge in [0.15, 0.2) is 0 Å². The maximum absolute atomic E-state index is 6.44. The van der Waals surface area contributed by atoms with Crippen LogP contribution in [0.15, 0.2) is 0 Å². The van der Waals surface area contributed by atoms with Crippen LogP contribution in [0, 0.1) is 11.8 Å². The van der Waals surface area contributed by atoms with Crippen LogP contribution >= 0.6 is 0 Å². The Labute approximate surface area is 106 Å². The molecule has 2 nitrogen and oxygen atoms in total. The van der Waals surface area contributed by atoms with Crippen LogP contribution in [0.1, 0.15) is 57.8 Å². The Hall–Kier alpha value is -0.0800. The first-order valence-corrected chi connectivity index (χ1v) is 7.84. The van der Waals surface area contributed by atoms with Crippen LogP contribution < -0.4 is 5.73 Å². The van der Waals surface area contributed by atoms with E-state index >= 15 is 0 Å². The highest BCUT2D eigenvalue weighted by Crippen LogP contribution is 2.39. The molecule has 2 aliphatic carbocycles. The second-order valence-corrected chi connectivity index (χ2v) is 6.63. The molecule has 0 radical (unpaired) electrons. The Kier molecular flexibility index (Phi) is 3.72. The van der Waals surface area contributed by atoms with Crippen molar-refractivity contribution < 1.29 is 0 Å². The van der Waals surface area contributed by atoms with Crippen LogP contribution in [0.25, 0.3) is 0 Å². The molecule has 2 N–H and O–H groups in total. The fourth-order valence-electron chi connectivity index (χ4n) is 4.49. The van der Waals surface area contributed by atoms with Gasteiger partial charge in [0.25, 0.3) is 0 Å². The van der Waals surface area contributed by atoms with Crippen molar-refractivity contribution in [2.45, 2.75) is 69.9 Å². The number of hydrogen-bond acceptors (Lipinski definition) is 2. The average molecular weight is 236 g/mol. The molecule has 0 aromatic heterocycles. The van der Waals surface area contributed by atoms with Gasteiger partial charge in [0.2, 0.25) is 0 Å². The minimum Gasteiger partial charge on any atom is -0.326 e. The molecule has 0 bridgehead atoms. The predicted octanol–water partition coefficient (Wildman–Crippen LogP) is 2.77. The summed E-state index contributed by atoms with van der Waals surface area (Å²) in [6.45, 7) is 2.73. The molecule has 1 saturated heterocycles. The molecule has 0 aromatic carbocycles. The smallest absolute Gasteiger partial charge is 0.0247 e. The van der Waals surface area contributed by atoms with E-state index in [4.69, 9.17) is 5.73 Å². The lowest BCUT2D eigenvalue weighted by Gasteiger charge is -2.34. The van der Waals surface area contributed by atoms with Gasteiger partial charge in [0.05, 0.1) is 0 Å². The van der Waals surface area contributed by atoms with Gasteiger partial charge in [-0.25, -0.2) is 0 Å². The Morgan fingerprint density at radius 3 is 2.06 bits per heavy atom. The molecule has 0 spiro atoms. The standard InChI is InChI=1S/C15H28N2/c16-14-8-3-1-2-4-9-15(14)17-10-12-6-5-7-13(12)11-17/h12-15H,1-11,16H2. The molecule has 17 heavy (non-hydrogen) atoms. The molecular formula is C15H28N2. The van der Waals surface area contributed by atoms with Gasteiger partial charge in [-0.05, 0) is 37.5 Å². The second kappa shape index (κ2) is 5.27. The zero-order chi connectivity index (χ0) is 11.7. The summed E-state index contributed by atoms with van der Waals surface area (Å²) in [6.07, 6.45) is 12.7. The monoisotopic (exact) mass is 236 g/mol. The fourth-order valence-corrected chi connectivity index (χ4v) is 4.49.